The predicted molar refractivity (Wildman–Crippen MR) is 76.4 cm³/mol. The average molecular weight is 265 g/mol. The molecular weight excluding hydrogens is 242 g/mol. The van der Waals surface area contributed by atoms with E-state index in [1.807, 2.05) is 14.1 Å². The summed E-state index contributed by atoms with van der Waals surface area (Å²) in [5, 5.41) is 3.22. The van der Waals surface area contributed by atoms with Crippen LogP contribution in [0.25, 0.3) is 0 Å². The van der Waals surface area contributed by atoms with Gasteiger partial charge in [-0.15, -0.1) is 0 Å². The van der Waals surface area contributed by atoms with Gasteiger partial charge in [0, 0.05) is 18.3 Å². The number of carbonyl (C=O) groups excluding carboxylic acids is 1. The summed E-state index contributed by atoms with van der Waals surface area (Å²) in [6, 6.07) is 3.45. The third-order valence-electron chi connectivity index (χ3n) is 3.20. The van der Waals surface area contributed by atoms with E-state index in [4.69, 9.17) is 4.74 Å². The number of aromatic nitrogens is 1. The normalized spacial score (nSPS) is 11.5. The number of likely N-dealkylation sites (N-methyl/N-ethyl adjacent to an activating group) is 1. The molecule has 0 saturated heterocycles. The molecule has 1 heterocycles. The van der Waals surface area contributed by atoms with Crippen LogP contribution in [0.1, 0.15) is 31.1 Å². The lowest BCUT2D eigenvalue weighted by atomic mass is 10.0. The number of hydrogen-bond acceptors (Lipinski definition) is 5. The first-order valence-corrected chi connectivity index (χ1v) is 6.42. The number of esters is 1. The van der Waals surface area contributed by atoms with Crippen molar-refractivity contribution in [2.75, 3.05) is 32.6 Å². The van der Waals surface area contributed by atoms with Gasteiger partial charge < -0.3 is 15.0 Å². The van der Waals surface area contributed by atoms with Crippen LogP contribution in [0.5, 0.6) is 0 Å². The van der Waals surface area contributed by atoms with Crippen molar-refractivity contribution >= 4 is 11.8 Å². The Kier molecular flexibility index (Phi) is 5.30. The van der Waals surface area contributed by atoms with Crippen LogP contribution in [0.3, 0.4) is 0 Å². The van der Waals surface area contributed by atoms with Gasteiger partial charge in [0.15, 0.2) is 0 Å². The lowest BCUT2D eigenvalue weighted by Crippen LogP contribution is -2.44. The standard InChI is InChI=1S/C14H23N3O2/c1-6-19-13(18)11-8-7-9-15-12(11)16-10-14(2,3)17(4)5/h7-9H,6,10H2,1-5H3,(H,15,16). The summed E-state index contributed by atoms with van der Waals surface area (Å²) < 4.78 is 5.02. The third kappa shape index (κ3) is 4.21. The average Bonchev–Trinajstić information content (AvgIpc) is 2.37. The van der Waals surface area contributed by atoms with Crippen LogP contribution in [-0.4, -0.2) is 48.6 Å². The van der Waals surface area contributed by atoms with Crippen LogP contribution < -0.4 is 5.32 Å². The van der Waals surface area contributed by atoms with E-state index in [2.05, 4.69) is 29.0 Å². The predicted octanol–water partition coefficient (Wildman–Crippen LogP) is 2.01. The third-order valence-corrected chi connectivity index (χ3v) is 3.20. The highest BCUT2D eigenvalue weighted by atomic mass is 16.5. The Morgan fingerprint density at radius 1 is 1.47 bits per heavy atom. The number of hydrogen-bond donors (Lipinski definition) is 1. The smallest absolute Gasteiger partial charge is 0.341 e. The monoisotopic (exact) mass is 265 g/mol. The number of anilines is 1. The van der Waals surface area contributed by atoms with E-state index in [-0.39, 0.29) is 11.5 Å². The van der Waals surface area contributed by atoms with Gasteiger partial charge in [-0.3, -0.25) is 0 Å². The van der Waals surface area contributed by atoms with Gasteiger partial charge >= 0.3 is 5.97 Å². The summed E-state index contributed by atoms with van der Waals surface area (Å²) in [5.41, 5.74) is 0.433. The van der Waals surface area contributed by atoms with Crippen LogP contribution >= 0.6 is 0 Å². The number of nitrogens with one attached hydrogen (secondary N) is 1. The first-order valence-electron chi connectivity index (χ1n) is 6.42. The summed E-state index contributed by atoms with van der Waals surface area (Å²) in [7, 11) is 4.04. The molecule has 0 aliphatic heterocycles. The van der Waals surface area contributed by atoms with Gasteiger partial charge in [0.2, 0.25) is 0 Å². The van der Waals surface area contributed by atoms with Crippen LogP contribution in [0.15, 0.2) is 18.3 Å². The van der Waals surface area contributed by atoms with Gasteiger partial charge in [-0.1, -0.05) is 0 Å². The topological polar surface area (TPSA) is 54.5 Å². The summed E-state index contributed by atoms with van der Waals surface area (Å²) >= 11 is 0. The molecule has 5 nitrogen and oxygen atoms in total. The Morgan fingerprint density at radius 3 is 2.74 bits per heavy atom. The largest absolute Gasteiger partial charge is 0.462 e. The Hall–Kier alpha value is -1.62. The molecule has 106 valence electrons. The van der Waals surface area contributed by atoms with E-state index >= 15 is 0 Å². The Morgan fingerprint density at radius 2 is 2.16 bits per heavy atom. The second kappa shape index (κ2) is 6.52. The fraction of sp³-hybridized carbons (Fsp3) is 0.571. The highest BCUT2D eigenvalue weighted by Gasteiger charge is 2.21. The van der Waals surface area contributed by atoms with Crippen molar-refractivity contribution in [3.8, 4) is 0 Å². The minimum Gasteiger partial charge on any atom is -0.462 e. The molecule has 0 spiro atoms. The quantitative estimate of drug-likeness (QED) is 0.797. The minimum atomic E-state index is -0.347. The van der Waals surface area contributed by atoms with E-state index < -0.39 is 0 Å². The molecule has 0 fully saturated rings. The van der Waals surface area contributed by atoms with Crippen molar-refractivity contribution in [3.63, 3.8) is 0 Å². The van der Waals surface area contributed by atoms with Crippen molar-refractivity contribution in [1.29, 1.82) is 0 Å². The van der Waals surface area contributed by atoms with Gasteiger partial charge in [-0.05, 0) is 47.0 Å². The highest BCUT2D eigenvalue weighted by molar-refractivity contribution is 5.94. The van der Waals surface area contributed by atoms with Crippen molar-refractivity contribution in [1.82, 2.24) is 9.88 Å². The zero-order valence-electron chi connectivity index (χ0n) is 12.4. The maximum absolute atomic E-state index is 11.8. The lowest BCUT2D eigenvalue weighted by Gasteiger charge is -2.33. The molecule has 1 aromatic rings. The highest BCUT2D eigenvalue weighted by Crippen LogP contribution is 2.16. The minimum absolute atomic E-state index is 0.0382. The number of pyridine rings is 1. The van der Waals surface area contributed by atoms with Gasteiger partial charge in [0.25, 0.3) is 0 Å². The van der Waals surface area contributed by atoms with Crippen molar-refractivity contribution in [3.05, 3.63) is 23.9 Å². The Labute approximate surface area is 115 Å². The van der Waals surface area contributed by atoms with Crippen LogP contribution in [-0.2, 0) is 4.74 Å². The second-order valence-electron chi connectivity index (χ2n) is 5.18. The van der Waals surface area contributed by atoms with Crippen molar-refractivity contribution in [2.24, 2.45) is 0 Å². The van der Waals surface area contributed by atoms with E-state index in [1.165, 1.54) is 0 Å². The fourth-order valence-electron chi connectivity index (χ4n) is 1.38. The molecule has 0 atom stereocenters. The summed E-state index contributed by atoms with van der Waals surface area (Å²) in [4.78, 5) is 18.1. The molecule has 1 aromatic heterocycles. The van der Waals surface area contributed by atoms with Crippen LogP contribution in [0, 0.1) is 0 Å². The molecule has 0 unspecified atom stereocenters. The molecule has 0 aliphatic rings. The van der Waals surface area contributed by atoms with Gasteiger partial charge in [-0.25, -0.2) is 9.78 Å². The molecule has 1 N–H and O–H groups in total. The van der Waals surface area contributed by atoms with E-state index in [0.29, 0.717) is 24.5 Å². The summed E-state index contributed by atoms with van der Waals surface area (Å²) in [6.07, 6.45) is 1.66. The molecule has 0 aliphatic carbocycles. The summed E-state index contributed by atoms with van der Waals surface area (Å²) in [6.45, 7) is 7.07. The van der Waals surface area contributed by atoms with E-state index in [1.54, 1.807) is 25.3 Å². The molecular formula is C14H23N3O2. The van der Waals surface area contributed by atoms with Gasteiger partial charge in [0.1, 0.15) is 11.4 Å². The van der Waals surface area contributed by atoms with E-state index in [0.717, 1.165) is 0 Å². The number of nitrogens with zero attached hydrogens (tertiary/aromatic N) is 2. The summed E-state index contributed by atoms with van der Waals surface area (Å²) in [5.74, 6) is 0.219. The van der Waals surface area contributed by atoms with Crippen LogP contribution in [0.4, 0.5) is 5.82 Å². The second-order valence-corrected chi connectivity index (χ2v) is 5.18. The maximum Gasteiger partial charge on any atom is 0.341 e. The number of ether oxygens (including phenoxy) is 1. The fourth-order valence-corrected chi connectivity index (χ4v) is 1.38. The molecule has 1 rings (SSSR count). The van der Waals surface area contributed by atoms with Crippen molar-refractivity contribution in [2.45, 2.75) is 26.3 Å². The molecule has 0 radical (unpaired) electrons. The maximum atomic E-state index is 11.8. The molecule has 5 heteroatoms. The van der Waals surface area contributed by atoms with Gasteiger partial charge in [-0.2, -0.15) is 0 Å². The van der Waals surface area contributed by atoms with Crippen LogP contribution in [0.2, 0.25) is 0 Å². The molecule has 0 aromatic carbocycles. The molecule has 19 heavy (non-hydrogen) atoms. The zero-order chi connectivity index (χ0) is 14.5. The first-order chi connectivity index (χ1) is 8.88. The Balaban J connectivity index is 2.82. The molecule has 0 saturated carbocycles. The zero-order valence-corrected chi connectivity index (χ0v) is 12.4. The van der Waals surface area contributed by atoms with E-state index in [9.17, 15) is 4.79 Å². The number of rotatable bonds is 6. The number of carbonyl (C=O) groups is 1. The first kappa shape index (κ1) is 15.4. The molecule has 0 amide bonds. The Bertz CT molecular complexity index is 430. The SMILES string of the molecule is CCOC(=O)c1cccnc1NCC(C)(C)N(C)C. The lowest BCUT2D eigenvalue weighted by molar-refractivity contribution is 0.0527. The molecule has 0 bridgehead atoms. The van der Waals surface area contributed by atoms with Gasteiger partial charge in [0.05, 0.1) is 6.61 Å². The van der Waals surface area contributed by atoms with Crippen molar-refractivity contribution < 1.29 is 9.53 Å².